The van der Waals surface area contributed by atoms with Crippen LogP contribution in [-0.2, 0) is 6.54 Å². The number of carbonyl (C=O) groups excluding carboxylic acids is 1. The zero-order valence-electron chi connectivity index (χ0n) is 8.94. The van der Waals surface area contributed by atoms with Crippen molar-refractivity contribution >= 4 is 5.91 Å². The smallest absolute Gasteiger partial charge is 0.289 e. The number of amides is 1. The summed E-state index contributed by atoms with van der Waals surface area (Å²) in [5, 5.41) is 8.66. The van der Waals surface area contributed by atoms with Crippen LogP contribution in [-0.4, -0.2) is 26.1 Å². The molecule has 0 aliphatic carbocycles. The van der Waals surface area contributed by atoms with Crippen molar-refractivity contribution in [1.29, 1.82) is 0 Å². The number of oxazole rings is 1. The topological polar surface area (TPSA) is 96.7 Å². The lowest BCUT2D eigenvalue weighted by molar-refractivity contribution is 0.0937. The van der Waals surface area contributed by atoms with Crippen LogP contribution in [0.2, 0.25) is 0 Å². The van der Waals surface area contributed by atoms with Crippen LogP contribution in [0.5, 0.6) is 0 Å². The molecule has 0 aliphatic heterocycles. The maximum absolute atomic E-state index is 11.5. The van der Waals surface area contributed by atoms with Crippen LogP contribution >= 0.6 is 0 Å². The van der Waals surface area contributed by atoms with Crippen molar-refractivity contribution in [2.24, 2.45) is 0 Å². The highest BCUT2D eigenvalue weighted by Gasteiger charge is 2.10. The Balaban J connectivity index is 1.95. The summed E-state index contributed by atoms with van der Waals surface area (Å²) in [5.41, 5.74) is 0.823. The fraction of sp³-hybridized carbons (Fsp3) is 0.333. The summed E-state index contributed by atoms with van der Waals surface area (Å²) >= 11 is 0. The van der Waals surface area contributed by atoms with E-state index < -0.39 is 0 Å². The van der Waals surface area contributed by atoms with Crippen molar-refractivity contribution in [2.75, 3.05) is 0 Å². The number of hydrogen-bond donors (Lipinski definition) is 2. The molecule has 84 valence electrons. The van der Waals surface area contributed by atoms with E-state index in [2.05, 4.69) is 25.5 Å². The second kappa shape index (κ2) is 4.13. The van der Waals surface area contributed by atoms with Gasteiger partial charge < -0.3 is 9.73 Å². The van der Waals surface area contributed by atoms with E-state index in [1.807, 2.05) is 13.8 Å². The van der Waals surface area contributed by atoms with Crippen LogP contribution in [0.3, 0.4) is 0 Å². The first-order valence-corrected chi connectivity index (χ1v) is 4.73. The van der Waals surface area contributed by atoms with E-state index in [4.69, 9.17) is 4.42 Å². The van der Waals surface area contributed by atoms with Gasteiger partial charge in [0.1, 0.15) is 12.1 Å². The zero-order valence-corrected chi connectivity index (χ0v) is 8.94. The molecule has 0 spiro atoms. The molecule has 0 bridgehead atoms. The average Bonchev–Trinajstić information content (AvgIpc) is 2.86. The van der Waals surface area contributed by atoms with E-state index in [-0.39, 0.29) is 18.3 Å². The molecule has 2 rings (SSSR count). The summed E-state index contributed by atoms with van der Waals surface area (Å²) in [6.07, 6.45) is 1.27. The Bertz CT molecular complexity index is 468. The number of aromatic amines is 1. The minimum Gasteiger partial charge on any atom is -0.444 e. The number of carbonyl (C=O) groups is 1. The standard InChI is InChI=1S/C9H11N5O2/c1-5-6(2)16-7(13-5)3-10-9(15)8-11-4-12-14-8/h4H,3H2,1-2H3,(H,10,15)(H,11,12,14). The predicted octanol–water partition coefficient (Wildman–Crippen LogP) is 0.340. The first-order chi connectivity index (χ1) is 7.66. The van der Waals surface area contributed by atoms with E-state index >= 15 is 0 Å². The Morgan fingerprint density at radius 1 is 1.56 bits per heavy atom. The molecule has 16 heavy (non-hydrogen) atoms. The molecule has 2 heterocycles. The molecule has 0 saturated carbocycles. The lowest BCUT2D eigenvalue weighted by atomic mass is 10.4. The van der Waals surface area contributed by atoms with Gasteiger partial charge in [-0.05, 0) is 13.8 Å². The molecule has 2 N–H and O–H groups in total. The fourth-order valence-corrected chi connectivity index (χ4v) is 1.17. The van der Waals surface area contributed by atoms with E-state index in [0.717, 1.165) is 11.5 Å². The third kappa shape index (κ3) is 2.08. The van der Waals surface area contributed by atoms with E-state index in [1.165, 1.54) is 6.33 Å². The molecular formula is C9H11N5O2. The van der Waals surface area contributed by atoms with Crippen molar-refractivity contribution in [3.8, 4) is 0 Å². The molecular weight excluding hydrogens is 210 g/mol. The van der Waals surface area contributed by atoms with Gasteiger partial charge in [-0.1, -0.05) is 0 Å². The Morgan fingerprint density at radius 2 is 2.38 bits per heavy atom. The van der Waals surface area contributed by atoms with Gasteiger partial charge in [-0.25, -0.2) is 9.97 Å². The largest absolute Gasteiger partial charge is 0.444 e. The second-order valence-corrected chi connectivity index (χ2v) is 3.27. The monoisotopic (exact) mass is 221 g/mol. The van der Waals surface area contributed by atoms with E-state index in [1.54, 1.807) is 0 Å². The number of rotatable bonds is 3. The lowest BCUT2D eigenvalue weighted by Gasteiger charge is -1.98. The molecule has 0 aliphatic rings. The highest BCUT2D eigenvalue weighted by atomic mass is 16.4. The van der Waals surface area contributed by atoms with Gasteiger partial charge in [0.15, 0.2) is 0 Å². The van der Waals surface area contributed by atoms with Crippen LogP contribution in [0.25, 0.3) is 0 Å². The molecule has 2 aromatic rings. The van der Waals surface area contributed by atoms with Crippen molar-refractivity contribution in [2.45, 2.75) is 20.4 Å². The molecule has 2 aromatic heterocycles. The van der Waals surface area contributed by atoms with Gasteiger partial charge >= 0.3 is 0 Å². The minimum absolute atomic E-state index is 0.167. The molecule has 7 nitrogen and oxygen atoms in total. The number of aromatic nitrogens is 4. The maximum atomic E-state index is 11.5. The van der Waals surface area contributed by atoms with Crippen molar-refractivity contribution in [1.82, 2.24) is 25.5 Å². The second-order valence-electron chi connectivity index (χ2n) is 3.27. The van der Waals surface area contributed by atoms with Crippen LogP contribution in [0.1, 0.15) is 28.0 Å². The Labute approximate surface area is 91.3 Å². The molecule has 7 heteroatoms. The fourth-order valence-electron chi connectivity index (χ4n) is 1.17. The number of nitrogens with zero attached hydrogens (tertiary/aromatic N) is 3. The van der Waals surface area contributed by atoms with Crippen LogP contribution in [0, 0.1) is 13.8 Å². The van der Waals surface area contributed by atoms with E-state index in [0.29, 0.717) is 5.89 Å². The summed E-state index contributed by atoms with van der Waals surface area (Å²) in [6.45, 7) is 3.90. The van der Waals surface area contributed by atoms with Crippen LogP contribution < -0.4 is 5.32 Å². The zero-order chi connectivity index (χ0) is 11.5. The first-order valence-electron chi connectivity index (χ1n) is 4.73. The van der Waals surface area contributed by atoms with Gasteiger partial charge in [0.2, 0.25) is 11.7 Å². The highest BCUT2D eigenvalue weighted by Crippen LogP contribution is 2.07. The predicted molar refractivity (Wildman–Crippen MR) is 53.5 cm³/mol. The molecule has 1 amide bonds. The summed E-state index contributed by atoms with van der Waals surface area (Å²) in [6, 6.07) is 0. The van der Waals surface area contributed by atoms with Crippen LogP contribution in [0.15, 0.2) is 10.7 Å². The normalized spacial score (nSPS) is 10.4. The van der Waals surface area contributed by atoms with Gasteiger partial charge in [-0.3, -0.25) is 9.89 Å². The van der Waals surface area contributed by atoms with Crippen molar-refractivity contribution in [3.63, 3.8) is 0 Å². The van der Waals surface area contributed by atoms with Crippen LogP contribution in [0.4, 0.5) is 0 Å². The molecule has 0 fully saturated rings. The third-order valence-electron chi connectivity index (χ3n) is 2.10. The first kappa shape index (κ1) is 10.3. The van der Waals surface area contributed by atoms with E-state index in [9.17, 15) is 4.79 Å². The number of hydrogen-bond acceptors (Lipinski definition) is 5. The summed E-state index contributed by atoms with van der Waals surface area (Å²) in [7, 11) is 0. The highest BCUT2D eigenvalue weighted by molar-refractivity contribution is 5.90. The summed E-state index contributed by atoms with van der Waals surface area (Å²) in [4.78, 5) is 19.3. The maximum Gasteiger partial charge on any atom is 0.289 e. The molecule has 0 aromatic carbocycles. The van der Waals surface area contributed by atoms with Gasteiger partial charge in [-0.15, -0.1) is 0 Å². The molecule has 0 saturated heterocycles. The van der Waals surface area contributed by atoms with Crippen molar-refractivity contribution in [3.05, 3.63) is 29.5 Å². The Morgan fingerprint density at radius 3 is 2.94 bits per heavy atom. The molecule has 0 unspecified atom stereocenters. The number of nitrogens with one attached hydrogen (secondary N) is 2. The quantitative estimate of drug-likeness (QED) is 0.778. The van der Waals surface area contributed by atoms with Crippen molar-refractivity contribution < 1.29 is 9.21 Å². The van der Waals surface area contributed by atoms with Gasteiger partial charge in [0, 0.05) is 0 Å². The molecule has 0 atom stereocenters. The summed E-state index contributed by atoms with van der Waals surface area (Å²) in [5.74, 6) is 1.05. The Kier molecular flexibility index (Phi) is 2.67. The average molecular weight is 221 g/mol. The molecule has 0 radical (unpaired) electrons. The SMILES string of the molecule is Cc1nc(CNC(=O)c2ncn[nH]2)oc1C. The Hall–Kier alpha value is -2.18. The van der Waals surface area contributed by atoms with Gasteiger partial charge in [0.25, 0.3) is 5.91 Å². The van der Waals surface area contributed by atoms with Gasteiger partial charge in [-0.2, -0.15) is 5.10 Å². The third-order valence-corrected chi connectivity index (χ3v) is 2.10. The number of H-pyrrole nitrogens is 1. The number of aryl methyl sites for hydroxylation is 2. The van der Waals surface area contributed by atoms with Gasteiger partial charge in [0.05, 0.1) is 12.2 Å². The summed E-state index contributed by atoms with van der Waals surface area (Å²) < 4.78 is 5.31. The lowest BCUT2D eigenvalue weighted by Crippen LogP contribution is -2.24. The minimum atomic E-state index is -0.342.